The zero-order chi connectivity index (χ0) is 24.5. The lowest BCUT2D eigenvalue weighted by molar-refractivity contribution is 0.0696. The number of aryl methyl sites for hydroxylation is 2. The predicted octanol–water partition coefficient (Wildman–Crippen LogP) is 2.00. The lowest BCUT2D eigenvalue weighted by atomic mass is 10.1. The average molecular weight is 485 g/mol. The van der Waals surface area contributed by atoms with Crippen molar-refractivity contribution in [3.8, 4) is 11.7 Å². The van der Waals surface area contributed by atoms with Gasteiger partial charge < -0.3 is 9.64 Å². The normalized spacial score (nSPS) is 14.9. The predicted molar refractivity (Wildman–Crippen MR) is 126 cm³/mol. The van der Waals surface area contributed by atoms with E-state index in [1.807, 2.05) is 19.9 Å². The van der Waals surface area contributed by atoms with Crippen molar-refractivity contribution in [1.29, 1.82) is 0 Å². The Morgan fingerprint density at radius 2 is 1.79 bits per heavy atom. The summed E-state index contributed by atoms with van der Waals surface area (Å²) in [6.45, 7) is 6.76. The summed E-state index contributed by atoms with van der Waals surface area (Å²) < 4.78 is 34.4. The quantitative estimate of drug-likeness (QED) is 0.526. The van der Waals surface area contributed by atoms with Crippen molar-refractivity contribution < 1.29 is 17.9 Å². The van der Waals surface area contributed by atoms with Crippen LogP contribution in [0.15, 0.2) is 41.4 Å². The fraction of sp³-hybridized carbons (Fsp3) is 0.391. The highest BCUT2D eigenvalue weighted by molar-refractivity contribution is 7.89. The van der Waals surface area contributed by atoms with E-state index in [1.165, 1.54) is 17.6 Å². The van der Waals surface area contributed by atoms with E-state index in [4.69, 9.17) is 4.74 Å². The molecule has 11 heteroatoms. The number of carbonyl (C=O) groups is 1. The van der Waals surface area contributed by atoms with Gasteiger partial charge in [0.1, 0.15) is 0 Å². The molecule has 4 rings (SSSR count). The molecular formula is C23H28N6O4S. The second-order valence-electron chi connectivity index (χ2n) is 8.17. The number of amides is 1. The van der Waals surface area contributed by atoms with Crippen molar-refractivity contribution in [2.45, 2.75) is 32.1 Å². The fourth-order valence-electron chi connectivity index (χ4n) is 4.15. The SMILES string of the molecule is CCc1c(C(=O)N2CCN(S(=O)(=O)c3ccc(C)cc3C)CC2)cnn1-c1ccc(OC)nn1. The first-order valence-electron chi connectivity index (χ1n) is 11.1. The monoisotopic (exact) mass is 484 g/mol. The molecule has 2 aromatic heterocycles. The molecule has 1 amide bonds. The van der Waals surface area contributed by atoms with Crippen molar-refractivity contribution >= 4 is 15.9 Å². The maximum absolute atomic E-state index is 13.3. The minimum atomic E-state index is -3.62. The number of sulfonamides is 1. The Hall–Kier alpha value is -3.31. The van der Waals surface area contributed by atoms with E-state index in [0.717, 1.165) is 16.8 Å². The molecule has 0 radical (unpaired) electrons. The first kappa shape index (κ1) is 23.8. The van der Waals surface area contributed by atoms with E-state index in [2.05, 4.69) is 15.3 Å². The molecule has 180 valence electrons. The third-order valence-corrected chi connectivity index (χ3v) is 8.02. The Labute approximate surface area is 199 Å². The number of hydrogen-bond donors (Lipinski definition) is 0. The number of hydrogen-bond acceptors (Lipinski definition) is 7. The Morgan fingerprint density at radius 1 is 1.06 bits per heavy atom. The van der Waals surface area contributed by atoms with E-state index in [1.54, 1.807) is 40.8 Å². The van der Waals surface area contributed by atoms with Crippen molar-refractivity contribution in [3.05, 3.63) is 58.9 Å². The van der Waals surface area contributed by atoms with Crippen LogP contribution in [0.5, 0.6) is 5.88 Å². The van der Waals surface area contributed by atoms with E-state index < -0.39 is 10.0 Å². The summed E-state index contributed by atoms with van der Waals surface area (Å²) in [5.74, 6) is 0.702. The van der Waals surface area contributed by atoms with Gasteiger partial charge in [-0.05, 0) is 38.0 Å². The van der Waals surface area contributed by atoms with Crippen LogP contribution in [0.3, 0.4) is 0 Å². The van der Waals surface area contributed by atoms with Crippen molar-refractivity contribution in [2.24, 2.45) is 0 Å². The molecule has 3 aromatic rings. The molecule has 3 heterocycles. The summed E-state index contributed by atoms with van der Waals surface area (Å²) in [6.07, 6.45) is 2.10. The Balaban J connectivity index is 1.50. The van der Waals surface area contributed by atoms with Crippen molar-refractivity contribution in [3.63, 3.8) is 0 Å². The van der Waals surface area contributed by atoms with Crippen LogP contribution in [0.25, 0.3) is 5.82 Å². The van der Waals surface area contributed by atoms with Crippen LogP contribution in [0, 0.1) is 13.8 Å². The molecule has 1 fully saturated rings. The smallest absolute Gasteiger partial charge is 0.257 e. The highest BCUT2D eigenvalue weighted by Crippen LogP contribution is 2.23. The highest BCUT2D eigenvalue weighted by Gasteiger charge is 2.32. The number of piperazine rings is 1. The molecule has 10 nitrogen and oxygen atoms in total. The number of methoxy groups -OCH3 is 1. The van der Waals surface area contributed by atoms with Gasteiger partial charge in [0, 0.05) is 32.2 Å². The summed E-state index contributed by atoms with van der Waals surface area (Å²) in [5.41, 5.74) is 2.93. The first-order chi connectivity index (χ1) is 16.3. The molecule has 0 bridgehead atoms. The van der Waals surface area contributed by atoms with Crippen LogP contribution < -0.4 is 4.74 Å². The third-order valence-electron chi connectivity index (χ3n) is 5.96. The topological polar surface area (TPSA) is 111 Å². The van der Waals surface area contributed by atoms with E-state index in [0.29, 0.717) is 41.7 Å². The van der Waals surface area contributed by atoms with Gasteiger partial charge in [-0.2, -0.15) is 9.40 Å². The van der Waals surface area contributed by atoms with Gasteiger partial charge in [0.25, 0.3) is 5.91 Å². The van der Waals surface area contributed by atoms with Gasteiger partial charge in [-0.3, -0.25) is 4.79 Å². The summed E-state index contributed by atoms with van der Waals surface area (Å²) in [5, 5.41) is 12.4. The van der Waals surface area contributed by atoms with Gasteiger partial charge in [0.15, 0.2) is 5.82 Å². The molecule has 0 aliphatic carbocycles. The molecule has 1 saturated heterocycles. The van der Waals surface area contributed by atoms with Gasteiger partial charge in [-0.1, -0.05) is 24.6 Å². The zero-order valence-corrected chi connectivity index (χ0v) is 20.5. The van der Waals surface area contributed by atoms with Crippen LogP contribution in [-0.2, 0) is 16.4 Å². The van der Waals surface area contributed by atoms with E-state index >= 15 is 0 Å². The molecule has 0 spiro atoms. The lowest BCUT2D eigenvalue weighted by Gasteiger charge is -2.34. The highest BCUT2D eigenvalue weighted by atomic mass is 32.2. The molecule has 34 heavy (non-hydrogen) atoms. The van der Waals surface area contributed by atoms with Crippen molar-refractivity contribution in [2.75, 3.05) is 33.3 Å². The van der Waals surface area contributed by atoms with Crippen molar-refractivity contribution in [1.82, 2.24) is 29.2 Å². The number of nitrogens with zero attached hydrogens (tertiary/aromatic N) is 6. The largest absolute Gasteiger partial charge is 0.480 e. The Bertz CT molecular complexity index is 1300. The van der Waals surface area contributed by atoms with Gasteiger partial charge in [-0.15, -0.1) is 10.2 Å². The van der Waals surface area contributed by atoms with Gasteiger partial charge >= 0.3 is 0 Å². The maximum atomic E-state index is 13.3. The van der Waals surface area contributed by atoms with E-state index in [9.17, 15) is 13.2 Å². The number of ether oxygens (including phenoxy) is 1. The maximum Gasteiger partial charge on any atom is 0.257 e. The molecule has 0 unspecified atom stereocenters. The number of aromatic nitrogens is 4. The lowest BCUT2D eigenvalue weighted by Crippen LogP contribution is -2.50. The Kier molecular flexibility index (Phi) is 6.67. The summed E-state index contributed by atoms with van der Waals surface area (Å²) in [4.78, 5) is 15.3. The standard InChI is InChI=1S/C23H28N6O4S/c1-5-19-18(15-24-29(19)21-8-9-22(33-4)26-25-21)23(30)27-10-12-28(13-11-27)34(31,32)20-7-6-16(2)14-17(20)3/h6-9,14-15H,5,10-13H2,1-4H3. The molecule has 1 aliphatic heterocycles. The van der Waals surface area contributed by atoms with E-state index in [-0.39, 0.29) is 19.0 Å². The second kappa shape index (κ2) is 9.51. The third kappa shape index (κ3) is 4.40. The Morgan fingerprint density at radius 3 is 2.38 bits per heavy atom. The fourth-order valence-corrected chi connectivity index (χ4v) is 5.78. The number of rotatable bonds is 6. The van der Waals surface area contributed by atoms with Crippen LogP contribution >= 0.6 is 0 Å². The van der Waals surface area contributed by atoms with Gasteiger partial charge in [-0.25, -0.2) is 13.1 Å². The molecule has 0 saturated carbocycles. The minimum Gasteiger partial charge on any atom is -0.480 e. The molecule has 0 atom stereocenters. The number of carbonyl (C=O) groups excluding carboxylic acids is 1. The van der Waals surface area contributed by atoms with Crippen LogP contribution in [0.4, 0.5) is 0 Å². The molecule has 1 aliphatic rings. The number of benzene rings is 1. The zero-order valence-electron chi connectivity index (χ0n) is 19.7. The van der Waals surface area contributed by atoms with Crippen LogP contribution in [-0.4, -0.2) is 76.8 Å². The first-order valence-corrected chi connectivity index (χ1v) is 12.5. The molecular weight excluding hydrogens is 456 g/mol. The minimum absolute atomic E-state index is 0.173. The summed E-state index contributed by atoms with van der Waals surface area (Å²) in [6, 6.07) is 8.73. The molecule has 1 aromatic carbocycles. The molecule has 0 N–H and O–H groups in total. The van der Waals surface area contributed by atoms with Crippen LogP contribution in [0.1, 0.15) is 34.1 Å². The van der Waals surface area contributed by atoms with Crippen LogP contribution in [0.2, 0.25) is 0 Å². The average Bonchev–Trinajstić information content (AvgIpc) is 3.27. The summed E-state index contributed by atoms with van der Waals surface area (Å²) >= 11 is 0. The van der Waals surface area contributed by atoms with Gasteiger partial charge in [0.2, 0.25) is 15.9 Å². The van der Waals surface area contributed by atoms with Gasteiger partial charge in [0.05, 0.1) is 29.5 Å². The second-order valence-corrected chi connectivity index (χ2v) is 10.1. The summed E-state index contributed by atoms with van der Waals surface area (Å²) in [7, 11) is -2.11.